The zero-order chi connectivity index (χ0) is 33.3. The molecule has 2 aromatic carbocycles. The maximum Gasteiger partial charge on any atom is 0.244 e. The van der Waals surface area contributed by atoms with Crippen LogP contribution < -0.4 is 16.0 Å². The number of thiophene rings is 1. The van der Waals surface area contributed by atoms with Crippen molar-refractivity contribution in [1.82, 2.24) is 19.8 Å². The number of nitrogens with two attached hydrogens (primary N) is 1. The number of piperidine rings is 1. The lowest BCUT2D eigenvalue weighted by Gasteiger charge is -2.34. The maximum absolute atomic E-state index is 15.1. The smallest absolute Gasteiger partial charge is 0.244 e. The van der Waals surface area contributed by atoms with E-state index in [-0.39, 0.29) is 35.7 Å². The third kappa shape index (κ3) is 5.06. The summed E-state index contributed by atoms with van der Waals surface area (Å²) in [7, 11) is 3.97. The number of halogens is 2. The van der Waals surface area contributed by atoms with Crippen LogP contribution in [0.4, 0.5) is 21.2 Å². The summed E-state index contributed by atoms with van der Waals surface area (Å²) in [6.45, 7) is 8.60. The van der Waals surface area contributed by atoms with Gasteiger partial charge in [0.05, 0.1) is 39.4 Å². The third-order valence-corrected chi connectivity index (χ3v) is 11.7. The van der Waals surface area contributed by atoms with Gasteiger partial charge in [-0.15, -0.1) is 11.3 Å². The molecule has 0 spiro atoms. The highest BCUT2D eigenvalue weighted by Gasteiger charge is 2.38. The van der Waals surface area contributed by atoms with Gasteiger partial charge in [0.2, 0.25) is 11.9 Å². The Morgan fingerprint density at radius 1 is 1.21 bits per heavy atom. The number of likely N-dealkylation sites (N-methyl/N-ethyl adjacent to an activating group) is 2. The summed E-state index contributed by atoms with van der Waals surface area (Å²) in [6.07, 6.45) is 2.51. The van der Waals surface area contributed by atoms with E-state index in [2.05, 4.69) is 49.0 Å². The van der Waals surface area contributed by atoms with Crippen LogP contribution in [0.2, 0.25) is 5.02 Å². The first kappa shape index (κ1) is 31.8. The third-order valence-electron chi connectivity index (χ3n) is 10.3. The molecule has 0 unspecified atom stereocenters. The average Bonchev–Trinajstić information content (AvgIpc) is 3.77. The van der Waals surface area contributed by atoms with E-state index in [1.54, 1.807) is 11.0 Å². The van der Waals surface area contributed by atoms with Gasteiger partial charge in [-0.25, -0.2) is 9.37 Å². The molecule has 7 rings (SSSR count). The number of nitrogens with zero attached hydrogens (tertiary/aromatic N) is 6. The van der Waals surface area contributed by atoms with Crippen LogP contribution in [0.1, 0.15) is 56.7 Å². The van der Waals surface area contributed by atoms with Crippen molar-refractivity contribution in [1.29, 1.82) is 5.26 Å². The maximum atomic E-state index is 15.1. The Balaban J connectivity index is 1.48. The fourth-order valence-corrected chi connectivity index (χ4v) is 8.81. The molecule has 246 valence electrons. The Kier molecular flexibility index (Phi) is 8.15. The molecule has 0 bridgehead atoms. The number of fused-ring (bicyclic) bond motifs is 4. The van der Waals surface area contributed by atoms with Gasteiger partial charge >= 0.3 is 0 Å². The van der Waals surface area contributed by atoms with Gasteiger partial charge in [-0.05, 0) is 69.8 Å². The fraction of sp³-hybridized carbons (Fsp3) is 0.471. The molecule has 3 N–H and O–H groups in total. The van der Waals surface area contributed by atoms with E-state index in [0.29, 0.717) is 74.0 Å². The molecule has 0 aliphatic carbocycles. The minimum absolute atomic E-state index is 0.0149. The van der Waals surface area contributed by atoms with E-state index >= 15 is 4.39 Å². The first-order valence-electron chi connectivity index (χ1n) is 16.1. The summed E-state index contributed by atoms with van der Waals surface area (Å²) in [5, 5.41) is 15.3. The van der Waals surface area contributed by atoms with Gasteiger partial charge in [0.25, 0.3) is 0 Å². The summed E-state index contributed by atoms with van der Waals surface area (Å²) in [6, 6.07) is 5.57. The molecule has 5 heterocycles. The first-order valence-corrected chi connectivity index (χ1v) is 17.2. The van der Waals surface area contributed by atoms with Gasteiger partial charge in [-0.3, -0.25) is 9.69 Å². The Hall–Kier alpha value is -3.76. The van der Waals surface area contributed by atoms with Crippen LogP contribution >= 0.6 is 22.9 Å². The number of aromatic nitrogens is 2. The number of carbonyl (C=O) groups is 1. The van der Waals surface area contributed by atoms with Crippen LogP contribution in [-0.2, 0) is 22.7 Å². The molecule has 4 aromatic rings. The van der Waals surface area contributed by atoms with Crippen LogP contribution in [-0.4, -0.2) is 77.0 Å². The average molecular weight is 677 g/mol. The van der Waals surface area contributed by atoms with Crippen molar-refractivity contribution in [3.05, 3.63) is 39.7 Å². The molecular formula is C34H38ClFN8O2S. The standard InChI is InChI=1S/C34H38ClFN8O2S/c1-16(2)43(5)24-10-12-44(17(24)3)34-40-29-27(32(41-34)39-23-7-6-11-42(4)33(23)45)21-15-46-14-20(21)25(28(29)35)18-8-9-22(36)30-26(18)19(13-37)31(38)47-30/h8-9,16-17,23-24H,6-7,10-12,14-15,38H2,1-5H3,(H,39,40,41)/t17-,23+,24-/m0/s1. The largest absolute Gasteiger partial charge is 0.389 e. The van der Waals surface area contributed by atoms with E-state index in [1.807, 2.05) is 7.05 Å². The molecule has 2 saturated heterocycles. The Morgan fingerprint density at radius 2 is 1.98 bits per heavy atom. The summed E-state index contributed by atoms with van der Waals surface area (Å²) >= 11 is 8.48. The van der Waals surface area contributed by atoms with Crippen molar-refractivity contribution in [3.63, 3.8) is 0 Å². The Labute approximate surface area is 282 Å². The number of anilines is 3. The number of nitrogen functional groups attached to an aromatic ring is 1. The molecule has 2 aromatic heterocycles. The summed E-state index contributed by atoms with van der Waals surface area (Å²) < 4.78 is 21.4. The number of amides is 1. The van der Waals surface area contributed by atoms with Crippen LogP contribution in [0.25, 0.3) is 32.1 Å². The van der Waals surface area contributed by atoms with Gasteiger partial charge in [0, 0.05) is 49.2 Å². The second kappa shape index (κ2) is 12.0. The zero-order valence-corrected chi connectivity index (χ0v) is 28.7. The number of likely N-dealkylation sites (tertiary alicyclic amines) is 1. The van der Waals surface area contributed by atoms with Crippen molar-refractivity contribution < 1.29 is 13.9 Å². The van der Waals surface area contributed by atoms with Crippen molar-refractivity contribution in [2.24, 2.45) is 0 Å². The molecule has 2 fully saturated rings. The molecule has 10 nitrogen and oxygen atoms in total. The molecule has 3 atom stereocenters. The monoisotopic (exact) mass is 676 g/mol. The Morgan fingerprint density at radius 3 is 2.72 bits per heavy atom. The number of ether oxygens (including phenoxy) is 1. The normalized spacial score (nSPS) is 21.4. The lowest BCUT2D eigenvalue weighted by molar-refractivity contribution is -0.132. The van der Waals surface area contributed by atoms with Crippen molar-refractivity contribution >= 4 is 66.6 Å². The predicted octanol–water partition coefficient (Wildman–Crippen LogP) is 6.13. The molecule has 13 heteroatoms. The summed E-state index contributed by atoms with van der Waals surface area (Å²) in [4.78, 5) is 29.9. The summed E-state index contributed by atoms with van der Waals surface area (Å²) in [5.41, 5.74) is 9.87. The van der Waals surface area contributed by atoms with E-state index in [9.17, 15) is 10.1 Å². The molecule has 47 heavy (non-hydrogen) atoms. The number of carbonyl (C=O) groups excluding carboxylic acids is 1. The molecular weight excluding hydrogens is 639 g/mol. The number of benzene rings is 2. The molecule has 0 radical (unpaired) electrons. The van der Waals surface area contributed by atoms with E-state index in [4.69, 9.17) is 32.0 Å². The van der Waals surface area contributed by atoms with E-state index in [0.717, 1.165) is 41.9 Å². The van der Waals surface area contributed by atoms with Crippen molar-refractivity contribution in [2.75, 3.05) is 43.1 Å². The van der Waals surface area contributed by atoms with Gasteiger partial charge < -0.3 is 25.6 Å². The lowest BCUT2D eigenvalue weighted by atomic mass is 9.91. The molecule has 0 saturated carbocycles. The van der Waals surface area contributed by atoms with E-state index in [1.165, 1.54) is 6.07 Å². The fourth-order valence-electron chi connectivity index (χ4n) is 7.51. The lowest BCUT2D eigenvalue weighted by Crippen LogP contribution is -2.46. The van der Waals surface area contributed by atoms with Crippen LogP contribution in [0.5, 0.6) is 0 Å². The number of rotatable bonds is 6. The highest BCUT2D eigenvalue weighted by Crippen LogP contribution is 2.49. The SMILES string of the molecule is CC(C)N(C)[C@H]1CCN(c2nc(N[C@@H]3CCCN(C)C3=O)c3c4c(c(-c5ccc(F)c6sc(N)c(C#N)c56)c(Cl)c3n2)COC4)[C@H]1C. The minimum atomic E-state index is -0.450. The van der Waals surface area contributed by atoms with Crippen molar-refractivity contribution in [2.45, 2.75) is 77.4 Å². The first-order chi connectivity index (χ1) is 22.5. The highest BCUT2D eigenvalue weighted by atomic mass is 35.5. The Bertz CT molecular complexity index is 1980. The second-order valence-electron chi connectivity index (χ2n) is 13.1. The van der Waals surface area contributed by atoms with Crippen LogP contribution in [0, 0.1) is 17.1 Å². The molecule has 3 aliphatic heterocycles. The summed E-state index contributed by atoms with van der Waals surface area (Å²) in [5.74, 6) is 0.635. The van der Waals surface area contributed by atoms with Gasteiger partial charge in [0.1, 0.15) is 28.7 Å². The highest BCUT2D eigenvalue weighted by molar-refractivity contribution is 7.23. The van der Waals surface area contributed by atoms with Crippen molar-refractivity contribution in [3.8, 4) is 17.2 Å². The van der Waals surface area contributed by atoms with Gasteiger partial charge in [-0.1, -0.05) is 17.7 Å². The number of nitrogens with one attached hydrogen (secondary N) is 1. The topological polar surface area (TPSA) is 124 Å². The van der Waals surface area contributed by atoms with E-state index < -0.39 is 11.9 Å². The predicted molar refractivity (Wildman–Crippen MR) is 185 cm³/mol. The molecule has 3 aliphatic rings. The second-order valence-corrected chi connectivity index (χ2v) is 14.6. The quantitative estimate of drug-likeness (QED) is 0.248. The van der Waals surface area contributed by atoms with Gasteiger partial charge in [0.15, 0.2) is 0 Å². The van der Waals surface area contributed by atoms with Crippen LogP contribution in [0.15, 0.2) is 12.1 Å². The molecule has 1 amide bonds. The number of hydrogen-bond donors (Lipinski definition) is 2. The number of hydrogen-bond acceptors (Lipinski definition) is 10. The van der Waals surface area contributed by atoms with Crippen LogP contribution in [0.3, 0.4) is 0 Å². The minimum Gasteiger partial charge on any atom is -0.389 e. The number of nitriles is 1. The zero-order valence-electron chi connectivity index (χ0n) is 27.2. The van der Waals surface area contributed by atoms with Gasteiger partial charge in [-0.2, -0.15) is 10.2 Å².